The van der Waals surface area contributed by atoms with E-state index in [1.807, 2.05) is 0 Å². The van der Waals surface area contributed by atoms with Crippen molar-refractivity contribution in [3.8, 4) is 0 Å². The van der Waals surface area contributed by atoms with Gasteiger partial charge < -0.3 is 10.0 Å². The van der Waals surface area contributed by atoms with E-state index in [4.69, 9.17) is 5.11 Å². The molecule has 1 aromatic rings. The molecule has 110 valence electrons. The van der Waals surface area contributed by atoms with Gasteiger partial charge in [0.1, 0.15) is 5.75 Å². The number of benzene rings is 1. The molecular weight excluding hydrogens is 282 g/mol. The number of rotatable bonds is 6. The van der Waals surface area contributed by atoms with Gasteiger partial charge in [-0.15, -0.1) is 0 Å². The van der Waals surface area contributed by atoms with E-state index in [1.165, 1.54) is 14.1 Å². The van der Waals surface area contributed by atoms with Crippen molar-refractivity contribution in [3.05, 3.63) is 35.9 Å². The van der Waals surface area contributed by atoms with Crippen LogP contribution in [0.4, 0.5) is 0 Å². The number of aliphatic carboxylic acids is 1. The molecule has 20 heavy (non-hydrogen) atoms. The largest absolute Gasteiger partial charge is 0.480 e. The second-order valence-electron chi connectivity index (χ2n) is 4.61. The van der Waals surface area contributed by atoms with E-state index in [9.17, 15) is 18.0 Å². The molecule has 0 bridgehead atoms. The Balaban J connectivity index is 2.96. The number of carboxylic acid groups (broad SMARTS) is 1. The van der Waals surface area contributed by atoms with Crippen molar-refractivity contribution < 1.29 is 23.1 Å². The van der Waals surface area contributed by atoms with Gasteiger partial charge in [0.05, 0.1) is 0 Å². The summed E-state index contributed by atoms with van der Waals surface area (Å²) < 4.78 is 24.1. The zero-order valence-electron chi connectivity index (χ0n) is 11.3. The van der Waals surface area contributed by atoms with Crippen LogP contribution in [0.25, 0.3) is 0 Å². The first-order chi connectivity index (χ1) is 9.24. The number of hydrogen-bond donors (Lipinski definition) is 1. The first-order valence-electron chi connectivity index (χ1n) is 5.92. The molecule has 1 amide bonds. The molecule has 0 heterocycles. The number of nitrogens with zero attached hydrogens (tertiary/aromatic N) is 1. The minimum absolute atomic E-state index is 0.154. The van der Waals surface area contributed by atoms with Gasteiger partial charge in [-0.1, -0.05) is 30.3 Å². The molecular formula is C13H17NO5S. The van der Waals surface area contributed by atoms with E-state index in [2.05, 4.69) is 0 Å². The molecule has 1 atom stereocenters. The van der Waals surface area contributed by atoms with E-state index in [-0.39, 0.29) is 6.42 Å². The maximum Gasteiger partial charge on any atom is 0.322 e. The molecule has 7 heteroatoms. The summed E-state index contributed by atoms with van der Waals surface area (Å²) in [5.74, 6) is -2.88. The Morgan fingerprint density at radius 3 is 2.20 bits per heavy atom. The van der Waals surface area contributed by atoms with Gasteiger partial charge in [-0.2, -0.15) is 0 Å². The Hall–Kier alpha value is -1.89. The van der Waals surface area contributed by atoms with Crippen LogP contribution in [0.3, 0.4) is 0 Å². The maximum absolute atomic E-state index is 12.1. The highest BCUT2D eigenvalue weighted by atomic mass is 32.2. The Morgan fingerprint density at radius 2 is 1.75 bits per heavy atom. The molecule has 0 saturated carbocycles. The zero-order chi connectivity index (χ0) is 15.3. The fourth-order valence-corrected chi connectivity index (χ4v) is 3.16. The Kier molecular flexibility index (Phi) is 5.26. The Morgan fingerprint density at radius 1 is 1.20 bits per heavy atom. The van der Waals surface area contributed by atoms with Crippen molar-refractivity contribution in [1.82, 2.24) is 4.90 Å². The molecule has 0 saturated heterocycles. The van der Waals surface area contributed by atoms with E-state index in [1.54, 1.807) is 30.3 Å². The number of carboxylic acids is 1. The molecule has 1 rings (SSSR count). The smallest absolute Gasteiger partial charge is 0.322 e. The van der Waals surface area contributed by atoms with E-state index < -0.39 is 32.7 Å². The highest BCUT2D eigenvalue weighted by Gasteiger charge is 2.34. The van der Waals surface area contributed by atoms with Crippen molar-refractivity contribution in [3.63, 3.8) is 0 Å². The van der Waals surface area contributed by atoms with Crippen LogP contribution in [0.1, 0.15) is 5.56 Å². The summed E-state index contributed by atoms with van der Waals surface area (Å²) in [6.07, 6.45) is -0.154. The molecule has 6 nitrogen and oxygen atoms in total. The predicted molar refractivity (Wildman–Crippen MR) is 74.1 cm³/mol. The standard InChI is InChI=1S/C13H17NO5S/c1-14(2)12(15)9-20(18,19)11(13(16)17)8-10-6-4-3-5-7-10/h3-7,11H,8-9H2,1-2H3,(H,16,17). The minimum Gasteiger partial charge on any atom is -0.480 e. The number of carbonyl (C=O) groups excluding carboxylic acids is 1. The van der Waals surface area contributed by atoms with Crippen molar-refractivity contribution in [2.24, 2.45) is 0 Å². The van der Waals surface area contributed by atoms with Crippen molar-refractivity contribution in [1.29, 1.82) is 0 Å². The lowest BCUT2D eigenvalue weighted by Gasteiger charge is -2.15. The third kappa shape index (κ3) is 4.34. The van der Waals surface area contributed by atoms with Crippen molar-refractivity contribution in [2.75, 3.05) is 19.8 Å². The van der Waals surface area contributed by atoms with Crippen molar-refractivity contribution in [2.45, 2.75) is 11.7 Å². The minimum atomic E-state index is -4.05. The van der Waals surface area contributed by atoms with E-state index in [0.717, 1.165) is 4.90 Å². The maximum atomic E-state index is 12.1. The summed E-state index contributed by atoms with van der Waals surface area (Å²) in [6, 6.07) is 8.46. The third-order valence-corrected chi connectivity index (χ3v) is 4.68. The molecule has 1 unspecified atom stereocenters. The van der Waals surface area contributed by atoms with Crippen LogP contribution in [0.2, 0.25) is 0 Å². The topological polar surface area (TPSA) is 91.8 Å². The molecule has 0 aromatic heterocycles. The summed E-state index contributed by atoms with van der Waals surface area (Å²) in [5.41, 5.74) is 0.598. The van der Waals surface area contributed by atoms with Gasteiger partial charge in [-0.25, -0.2) is 8.42 Å². The average molecular weight is 299 g/mol. The lowest BCUT2D eigenvalue weighted by molar-refractivity contribution is -0.136. The number of hydrogen-bond acceptors (Lipinski definition) is 4. The van der Waals surface area contributed by atoms with Crippen LogP contribution in [0, 0.1) is 0 Å². The highest BCUT2D eigenvalue weighted by molar-refractivity contribution is 7.93. The summed E-state index contributed by atoms with van der Waals surface area (Å²) in [4.78, 5) is 23.8. The average Bonchev–Trinajstić information content (AvgIpc) is 2.36. The molecule has 0 aliphatic heterocycles. The fourth-order valence-electron chi connectivity index (χ4n) is 1.60. The Bertz CT molecular complexity index is 580. The highest BCUT2D eigenvalue weighted by Crippen LogP contribution is 2.12. The van der Waals surface area contributed by atoms with Gasteiger partial charge in [0.15, 0.2) is 15.1 Å². The zero-order valence-corrected chi connectivity index (χ0v) is 12.1. The quantitative estimate of drug-likeness (QED) is 0.809. The monoisotopic (exact) mass is 299 g/mol. The lowest BCUT2D eigenvalue weighted by Crippen LogP contribution is -2.39. The number of carbonyl (C=O) groups is 2. The van der Waals surface area contributed by atoms with Crippen LogP contribution in [-0.4, -0.2) is 55.4 Å². The summed E-state index contributed by atoms with van der Waals surface area (Å²) in [6.45, 7) is 0. The first-order valence-corrected chi connectivity index (χ1v) is 7.64. The lowest BCUT2D eigenvalue weighted by atomic mass is 10.1. The molecule has 0 radical (unpaired) electrons. The Labute approximate surface area is 117 Å². The first kappa shape index (κ1) is 16.2. The van der Waals surface area contributed by atoms with Crippen LogP contribution < -0.4 is 0 Å². The van der Waals surface area contributed by atoms with Crippen LogP contribution >= 0.6 is 0 Å². The fraction of sp³-hybridized carbons (Fsp3) is 0.385. The molecule has 0 spiro atoms. The molecule has 0 aliphatic carbocycles. The van der Waals surface area contributed by atoms with Gasteiger partial charge >= 0.3 is 5.97 Å². The van der Waals surface area contributed by atoms with Crippen molar-refractivity contribution >= 4 is 21.7 Å². The third-order valence-electron chi connectivity index (χ3n) is 2.80. The van der Waals surface area contributed by atoms with Gasteiger partial charge in [-0.05, 0) is 12.0 Å². The van der Waals surface area contributed by atoms with Gasteiger partial charge in [0.2, 0.25) is 5.91 Å². The predicted octanol–water partition coefficient (Wildman–Crippen LogP) is 0.185. The number of sulfone groups is 1. The van der Waals surface area contributed by atoms with Gasteiger partial charge in [-0.3, -0.25) is 9.59 Å². The van der Waals surface area contributed by atoms with Crippen LogP contribution in [-0.2, 0) is 25.8 Å². The normalized spacial score (nSPS) is 12.7. The SMILES string of the molecule is CN(C)C(=O)CS(=O)(=O)C(Cc1ccccc1)C(=O)O. The van der Waals surface area contributed by atoms with Crippen LogP contribution in [0.15, 0.2) is 30.3 Å². The summed E-state index contributed by atoms with van der Waals surface area (Å²) in [5, 5.41) is 7.50. The number of amides is 1. The van der Waals surface area contributed by atoms with Gasteiger partial charge in [0, 0.05) is 14.1 Å². The van der Waals surface area contributed by atoms with Crippen LogP contribution in [0.5, 0.6) is 0 Å². The summed E-state index contributed by atoms with van der Waals surface area (Å²) in [7, 11) is -1.21. The van der Waals surface area contributed by atoms with E-state index in [0.29, 0.717) is 5.56 Å². The van der Waals surface area contributed by atoms with Gasteiger partial charge in [0.25, 0.3) is 0 Å². The molecule has 1 aromatic carbocycles. The molecule has 0 aliphatic rings. The molecule has 1 N–H and O–H groups in total. The second kappa shape index (κ2) is 6.51. The second-order valence-corrected chi connectivity index (χ2v) is 6.80. The van der Waals surface area contributed by atoms with E-state index >= 15 is 0 Å². The summed E-state index contributed by atoms with van der Waals surface area (Å²) >= 11 is 0. The molecule has 0 fully saturated rings.